The molecule has 3 N–H and O–H groups in total. The lowest BCUT2D eigenvalue weighted by atomic mass is 10.2. The molecular formula is C13H12BrFN2O2S. The summed E-state index contributed by atoms with van der Waals surface area (Å²) >= 11 is 3.34. The van der Waals surface area contributed by atoms with E-state index < -0.39 is 15.8 Å². The SMILES string of the molecule is Cc1cc(NS(=O)(=O)c2ccc(F)c(N)c2)ccc1Br. The smallest absolute Gasteiger partial charge is 0.261 e. The molecule has 0 saturated heterocycles. The predicted octanol–water partition coefficient (Wildman–Crippen LogP) is 3.28. The monoisotopic (exact) mass is 358 g/mol. The van der Waals surface area contributed by atoms with Crippen LogP contribution in [0.5, 0.6) is 0 Å². The van der Waals surface area contributed by atoms with Crippen LogP contribution in [0.4, 0.5) is 15.8 Å². The minimum absolute atomic E-state index is 0.0861. The molecule has 2 aromatic carbocycles. The fourth-order valence-corrected chi connectivity index (χ4v) is 2.94. The van der Waals surface area contributed by atoms with Crippen molar-refractivity contribution in [3.05, 3.63) is 52.3 Å². The van der Waals surface area contributed by atoms with Crippen molar-refractivity contribution in [3.63, 3.8) is 0 Å². The Labute approximate surface area is 125 Å². The van der Waals surface area contributed by atoms with Crippen LogP contribution in [0, 0.1) is 12.7 Å². The van der Waals surface area contributed by atoms with Crippen LogP contribution in [0.2, 0.25) is 0 Å². The van der Waals surface area contributed by atoms with Gasteiger partial charge in [-0.3, -0.25) is 4.72 Å². The molecule has 0 aliphatic rings. The summed E-state index contributed by atoms with van der Waals surface area (Å²) in [6.07, 6.45) is 0. The molecule has 0 amide bonds. The van der Waals surface area contributed by atoms with Gasteiger partial charge in [-0.2, -0.15) is 0 Å². The van der Waals surface area contributed by atoms with Crippen LogP contribution in [0.25, 0.3) is 0 Å². The maximum absolute atomic E-state index is 13.1. The Morgan fingerprint density at radius 2 is 1.90 bits per heavy atom. The molecule has 7 heteroatoms. The highest BCUT2D eigenvalue weighted by atomic mass is 79.9. The molecule has 0 heterocycles. The molecule has 0 aliphatic heterocycles. The summed E-state index contributed by atoms with van der Waals surface area (Å²) in [5.74, 6) is -0.650. The van der Waals surface area contributed by atoms with Gasteiger partial charge in [0.1, 0.15) is 5.82 Å². The second kappa shape index (κ2) is 5.41. The van der Waals surface area contributed by atoms with Gasteiger partial charge in [0.2, 0.25) is 0 Å². The standard InChI is InChI=1S/C13H12BrFN2O2S/c1-8-6-9(2-4-11(8)14)17-20(18,19)10-3-5-12(15)13(16)7-10/h2-7,17H,16H2,1H3. The molecule has 106 valence electrons. The average Bonchev–Trinajstić information content (AvgIpc) is 2.37. The molecule has 0 spiro atoms. The number of rotatable bonds is 3. The van der Waals surface area contributed by atoms with E-state index in [0.717, 1.165) is 22.2 Å². The Kier molecular flexibility index (Phi) is 4.01. The third-order valence-electron chi connectivity index (χ3n) is 2.69. The third-order valence-corrected chi connectivity index (χ3v) is 4.96. The average molecular weight is 359 g/mol. The van der Waals surface area contributed by atoms with Gasteiger partial charge in [-0.25, -0.2) is 12.8 Å². The van der Waals surface area contributed by atoms with Crippen LogP contribution in [0.15, 0.2) is 45.8 Å². The Bertz CT molecular complexity index is 763. The van der Waals surface area contributed by atoms with Gasteiger partial charge >= 0.3 is 0 Å². The van der Waals surface area contributed by atoms with E-state index in [2.05, 4.69) is 20.7 Å². The van der Waals surface area contributed by atoms with Gasteiger partial charge in [-0.05, 0) is 48.9 Å². The number of aryl methyl sites for hydroxylation is 1. The Morgan fingerprint density at radius 1 is 1.20 bits per heavy atom. The van der Waals surface area contributed by atoms with Crippen molar-refractivity contribution < 1.29 is 12.8 Å². The maximum Gasteiger partial charge on any atom is 0.261 e. The summed E-state index contributed by atoms with van der Waals surface area (Å²) in [6, 6.07) is 8.34. The summed E-state index contributed by atoms with van der Waals surface area (Å²) in [5, 5.41) is 0. The number of sulfonamides is 1. The fraction of sp³-hybridized carbons (Fsp3) is 0.0769. The normalized spacial score (nSPS) is 11.3. The van der Waals surface area contributed by atoms with E-state index in [1.54, 1.807) is 18.2 Å². The number of hydrogen-bond acceptors (Lipinski definition) is 3. The van der Waals surface area contributed by atoms with Crippen LogP contribution in [0.1, 0.15) is 5.56 Å². The first-order valence-corrected chi connectivity index (χ1v) is 7.91. The van der Waals surface area contributed by atoms with Crippen LogP contribution in [0.3, 0.4) is 0 Å². The molecule has 0 bridgehead atoms. The molecule has 2 rings (SSSR count). The van der Waals surface area contributed by atoms with Crippen LogP contribution in [-0.4, -0.2) is 8.42 Å². The fourth-order valence-electron chi connectivity index (χ4n) is 1.61. The summed E-state index contributed by atoms with van der Waals surface area (Å²) in [5.41, 5.74) is 6.49. The number of nitrogens with one attached hydrogen (secondary N) is 1. The lowest BCUT2D eigenvalue weighted by Gasteiger charge is -2.10. The lowest BCUT2D eigenvalue weighted by Crippen LogP contribution is -2.13. The number of nitrogens with two attached hydrogens (primary N) is 1. The van der Waals surface area contributed by atoms with E-state index in [0.29, 0.717) is 5.69 Å². The van der Waals surface area contributed by atoms with E-state index in [1.165, 1.54) is 6.07 Å². The second-order valence-electron chi connectivity index (χ2n) is 4.25. The Morgan fingerprint density at radius 3 is 2.50 bits per heavy atom. The van der Waals surface area contributed by atoms with Crippen LogP contribution >= 0.6 is 15.9 Å². The van der Waals surface area contributed by atoms with Crippen molar-refractivity contribution in [2.75, 3.05) is 10.5 Å². The Balaban J connectivity index is 2.35. The van der Waals surface area contributed by atoms with E-state index in [9.17, 15) is 12.8 Å². The highest BCUT2D eigenvalue weighted by Gasteiger charge is 2.16. The maximum atomic E-state index is 13.1. The van der Waals surface area contributed by atoms with Gasteiger partial charge in [0, 0.05) is 10.2 Å². The van der Waals surface area contributed by atoms with E-state index in [4.69, 9.17) is 5.73 Å². The molecule has 0 unspecified atom stereocenters. The molecule has 0 radical (unpaired) electrons. The Hall–Kier alpha value is -1.60. The molecule has 0 atom stereocenters. The van der Waals surface area contributed by atoms with Gasteiger partial charge in [0.15, 0.2) is 0 Å². The molecule has 20 heavy (non-hydrogen) atoms. The molecular weight excluding hydrogens is 347 g/mol. The van der Waals surface area contributed by atoms with Crippen molar-refractivity contribution >= 4 is 37.3 Å². The topological polar surface area (TPSA) is 72.2 Å². The van der Waals surface area contributed by atoms with Gasteiger partial charge in [0.05, 0.1) is 10.6 Å². The van der Waals surface area contributed by atoms with E-state index in [-0.39, 0.29) is 10.6 Å². The molecule has 2 aromatic rings. The minimum atomic E-state index is -3.79. The number of nitrogen functional groups attached to an aromatic ring is 1. The molecule has 0 fully saturated rings. The third kappa shape index (κ3) is 3.10. The van der Waals surface area contributed by atoms with Crippen LogP contribution in [-0.2, 0) is 10.0 Å². The lowest BCUT2D eigenvalue weighted by molar-refractivity contribution is 0.600. The van der Waals surface area contributed by atoms with Gasteiger partial charge in [-0.15, -0.1) is 0 Å². The highest BCUT2D eigenvalue weighted by molar-refractivity contribution is 9.10. The highest BCUT2D eigenvalue weighted by Crippen LogP contribution is 2.23. The number of hydrogen-bond donors (Lipinski definition) is 2. The zero-order valence-electron chi connectivity index (χ0n) is 10.5. The molecule has 0 aliphatic carbocycles. The predicted molar refractivity (Wildman–Crippen MR) is 80.5 cm³/mol. The zero-order valence-corrected chi connectivity index (χ0v) is 12.9. The summed E-state index contributed by atoms with van der Waals surface area (Å²) < 4.78 is 40.7. The van der Waals surface area contributed by atoms with Crippen molar-refractivity contribution in [2.24, 2.45) is 0 Å². The van der Waals surface area contributed by atoms with E-state index >= 15 is 0 Å². The quantitative estimate of drug-likeness (QED) is 0.827. The van der Waals surface area contributed by atoms with E-state index in [1.807, 2.05) is 6.92 Å². The van der Waals surface area contributed by atoms with Gasteiger partial charge in [-0.1, -0.05) is 15.9 Å². The summed E-state index contributed by atoms with van der Waals surface area (Å²) in [6.45, 7) is 1.85. The van der Waals surface area contributed by atoms with Gasteiger partial charge in [0.25, 0.3) is 10.0 Å². The second-order valence-corrected chi connectivity index (χ2v) is 6.79. The molecule has 0 aromatic heterocycles. The largest absolute Gasteiger partial charge is 0.396 e. The van der Waals surface area contributed by atoms with Crippen molar-refractivity contribution in [2.45, 2.75) is 11.8 Å². The van der Waals surface area contributed by atoms with Crippen molar-refractivity contribution in [1.82, 2.24) is 0 Å². The molecule has 0 saturated carbocycles. The number of benzene rings is 2. The molecule has 4 nitrogen and oxygen atoms in total. The first kappa shape index (κ1) is 14.8. The minimum Gasteiger partial charge on any atom is -0.396 e. The van der Waals surface area contributed by atoms with Crippen molar-refractivity contribution in [3.8, 4) is 0 Å². The number of anilines is 2. The van der Waals surface area contributed by atoms with Crippen LogP contribution < -0.4 is 10.5 Å². The first-order valence-electron chi connectivity index (χ1n) is 5.63. The first-order chi connectivity index (χ1) is 9.29. The zero-order chi connectivity index (χ0) is 14.9. The summed E-state index contributed by atoms with van der Waals surface area (Å²) in [7, 11) is -3.79. The van der Waals surface area contributed by atoms with Gasteiger partial charge < -0.3 is 5.73 Å². The summed E-state index contributed by atoms with van der Waals surface area (Å²) in [4.78, 5) is -0.0861. The number of halogens is 2. The van der Waals surface area contributed by atoms with Crippen molar-refractivity contribution in [1.29, 1.82) is 0 Å².